The Hall–Kier alpha value is -4.41. The molecule has 0 radical (unpaired) electrons. The molecule has 7 rings (SSSR count). The number of aromatic nitrogens is 4. The predicted octanol–water partition coefficient (Wildman–Crippen LogP) is 10.4. The van der Waals surface area contributed by atoms with Crippen molar-refractivity contribution in [1.29, 1.82) is 0 Å². The molecule has 0 saturated carbocycles. The van der Waals surface area contributed by atoms with Crippen molar-refractivity contribution in [3.63, 3.8) is 0 Å². The SMILES string of the molecule is CCCCNC(C(=O)N(CC)C(CC)c1ncc(-c2ccc(-c3ccc4cc(-c5cnc(C6CCCN6C(=O)C(C)C(C)C)[nH]5)ccc4c3)cc2)[nH]1)C1CCSCC1. The first kappa shape index (κ1) is 41.7. The van der Waals surface area contributed by atoms with Crippen molar-refractivity contribution in [1.82, 2.24) is 35.1 Å². The molecule has 2 aromatic heterocycles. The molecule has 5 aromatic rings. The van der Waals surface area contributed by atoms with Crippen molar-refractivity contribution in [2.75, 3.05) is 31.1 Å². The lowest BCUT2D eigenvalue weighted by Gasteiger charge is -2.36. The monoisotopic (exact) mass is 801 g/mol. The van der Waals surface area contributed by atoms with Gasteiger partial charge in [-0.15, -0.1) is 0 Å². The van der Waals surface area contributed by atoms with E-state index in [0.717, 1.165) is 120 Å². The standard InChI is InChI=1S/C48H63N7O2S/c1-7-10-23-49-44(35-21-25-58-26-22-35)48(57)54(9-3)42(8-2)45-50-29-40(52-45)34-15-13-33(14-16-34)36-17-18-38-28-39(20-19-37(38)27-36)41-30-51-46(53-41)43-12-11-24-55(43)47(56)32(6)31(4)5/h13-20,27-32,35,42-44,49H,7-12,21-26H2,1-6H3,(H,50,52)(H,51,53). The van der Waals surface area contributed by atoms with Gasteiger partial charge in [-0.25, -0.2) is 9.97 Å². The van der Waals surface area contributed by atoms with Crippen LogP contribution in [0.2, 0.25) is 0 Å². The van der Waals surface area contributed by atoms with Crippen molar-refractivity contribution >= 4 is 34.3 Å². The van der Waals surface area contributed by atoms with Crippen molar-refractivity contribution in [2.24, 2.45) is 17.8 Å². The maximum Gasteiger partial charge on any atom is 0.240 e. The Labute approximate surface area is 349 Å². The van der Waals surface area contributed by atoms with Crippen molar-refractivity contribution < 1.29 is 9.59 Å². The largest absolute Gasteiger partial charge is 0.340 e. The molecule has 4 atom stereocenters. The number of carbonyl (C=O) groups excluding carboxylic acids is 2. The maximum absolute atomic E-state index is 14.3. The van der Waals surface area contributed by atoms with Crippen LogP contribution in [0.3, 0.4) is 0 Å². The van der Waals surface area contributed by atoms with E-state index in [9.17, 15) is 9.59 Å². The minimum absolute atomic E-state index is 0.000832. The number of likely N-dealkylation sites (N-methyl/N-ethyl adjacent to an activating group) is 1. The van der Waals surface area contributed by atoms with Gasteiger partial charge in [-0.2, -0.15) is 11.8 Å². The summed E-state index contributed by atoms with van der Waals surface area (Å²) >= 11 is 2.00. The van der Waals surface area contributed by atoms with Crippen LogP contribution in [0.4, 0.5) is 0 Å². The second kappa shape index (κ2) is 19.1. The lowest BCUT2D eigenvalue weighted by atomic mass is 9.91. The highest BCUT2D eigenvalue weighted by Gasteiger charge is 2.36. The number of likely N-dealkylation sites (tertiary alicyclic amines) is 1. The second-order valence-corrected chi connectivity index (χ2v) is 17.9. The molecule has 9 nitrogen and oxygen atoms in total. The number of thioether (sulfide) groups is 1. The summed E-state index contributed by atoms with van der Waals surface area (Å²) in [5, 5.41) is 6.01. The molecular weight excluding hydrogens is 739 g/mol. The van der Waals surface area contributed by atoms with E-state index in [0.29, 0.717) is 18.4 Å². The van der Waals surface area contributed by atoms with E-state index in [1.54, 1.807) is 0 Å². The summed E-state index contributed by atoms with van der Waals surface area (Å²) in [5.41, 5.74) is 6.37. The van der Waals surface area contributed by atoms with Crippen LogP contribution in [0, 0.1) is 17.8 Å². The van der Waals surface area contributed by atoms with Crippen LogP contribution in [0.25, 0.3) is 44.4 Å². The summed E-state index contributed by atoms with van der Waals surface area (Å²) < 4.78 is 0. The first-order valence-corrected chi connectivity index (χ1v) is 23.0. The molecule has 4 unspecified atom stereocenters. The van der Waals surface area contributed by atoms with E-state index in [1.165, 1.54) is 5.39 Å². The molecule has 3 aromatic carbocycles. The van der Waals surface area contributed by atoms with Crippen molar-refractivity contribution in [3.8, 4) is 33.6 Å². The Morgan fingerprint density at radius 1 is 0.845 bits per heavy atom. The smallest absolute Gasteiger partial charge is 0.240 e. The van der Waals surface area contributed by atoms with Gasteiger partial charge in [0.05, 0.1) is 41.9 Å². The number of fused-ring (bicyclic) bond motifs is 1. The molecule has 2 aliphatic heterocycles. The lowest BCUT2D eigenvalue weighted by molar-refractivity contribution is -0.138. The number of nitrogens with one attached hydrogen (secondary N) is 3. The summed E-state index contributed by atoms with van der Waals surface area (Å²) in [7, 11) is 0. The highest BCUT2D eigenvalue weighted by atomic mass is 32.2. The van der Waals surface area contributed by atoms with Crippen LogP contribution in [0.1, 0.15) is 110 Å². The molecule has 308 valence electrons. The summed E-state index contributed by atoms with van der Waals surface area (Å²) in [6.07, 6.45) is 10.9. The number of amides is 2. The molecule has 3 N–H and O–H groups in total. The summed E-state index contributed by atoms with van der Waals surface area (Å²) in [4.78, 5) is 48.4. The summed E-state index contributed by atoms with van der Waals surface area (Å²) in [5.74, 6) is 5.11. The third-order valence-corrected chi connectivity index (χ3v) is 13.8. The van der Waals surface area contributed by atoms with Crippen LogP contribution >= 0.6 is 11.8 Å². The number of benzene rings is 3. The third kappa shape index (κ3) is 9.08. The minimum Gasteiger partial charge on any atom is -0.340 e. The molecule has 0 bridgehead atoms. The topological polar surface area (TPSA) is 110 Å². The third-order valence-electron chi connectivity index (χ3n) is 12.7. The molecule has 2 saturated heterocycles. The van der Waals surface area contributed by atoms with Crippen molar-refractivity contribution in [3.05, 3.63) is 84.7 Å². The highest BCUT2D eigenvalue weighted by molar-refractivity contribution is 7.99. The number of nitrogens with zero attached hydrogens (tertiary/aromatic N) is 4. The fraction of sp³-hybridized carbons (Fsp3) is 0.500. The zero-order chi connectivity index (χ0) is 40.8. The maximum atomic E-state index is 14.3. The molecule has 2 amide bonds. The van der Waals surface area contributed by atoms with Gasteiger partial charge in [0.15, 0.2) is 0 Å². The van der Waals surface area contributed by atoms with Gasteiger partial charge in [0, 0.05) is 24.6 Å². The number of aromatic amines is 2. The molecule has 0 spiro atoms. The Bertz CT molecular complexity index is 2130. The molecule has 2 aliphatic rings. The van der Waals surface area contributed by atoms with Gasteiger partial charge in [-0.1, -0.05) is 89.6 Å². The second-order valence-electron chi connectivity index (χ2n) is 16.7. The molecule has 2 fully saturated rings. The van der Waals surface area contributed by atoms with Gasteiger partial charge < -0.3 is 25.1 Å². The average molecular weight is 802 g/mol. The predicted molar refractivity (Wildman–Crippen MR) is 239 cm³/mol. The zero-order valence-corrected chi connectivity index (χ0v) is 36.2. The number of carbonyl (C=O) groups is 2. The molecule has 58 heavy (non-hydrogen) atoms. The van der Waals surface area contributed by atoms with Crippen molar-refractivity contribution in [2.45, 2.75) is 105 Å². The van der Waals surface area contributed by atoms with Gasteiger partial charge in [-0.3, -0.25) is 9.59 Å². The van der Waals surface area contributed by atoms with E-state index < -0.39 is 0 Å². The van der Waals surface area contributed by atoms with Gasteiger partial charge >= 0.3 is 0 Å². The zero-order valence-electron chi connectivity index (χ0n) is 35.4. The Morgan fingerprint density at radius 3 is 2.19 bits per heavy atom. The van der Waals surface area contributed by atoms with E-state index in [4.69, 9.17) is 9.97 Å². The number of unbranched alkanes of at least 4 members (excludes halogenated alkanes) is 1. The summed E-state index contributed by atoms with van der Waals surface area (Å²) in [6.45, 7) is 15.0. The fourth-order valence-corrected chi connectivity index (χ4v) is 9.95. The number of hydrogen-bond donors (Lipinski definition) is 3. The highest BCUT2D eigenvalue weighted by Crippen LogP contribution is 2.35. The van der Waals surface area contributed by atoms with Crippen LogP contribution in [-0.4, -0.2) is 78.7 Å². The Balaban J connectivity index is 1.03. The van der Waals surface area contributed by atoms with Gasteiger partial charge in [0.1, 0.15) is 11.6 Å². The molecule has 10 heteroatoms. The molecular formula is C48H63N7O2S. The van der Waals surface area contributed by atoms with E-state index in [2.05, 4.69) is 111 Å². The Kier molecular flexibility index (Phi) is 13.8. The molecule has 4 heterocycles. The van der Waals surface area contributed by atoms with E-state index in [1.807, 2.05) is 40.9 Å². The summed E-state index contributed by atoms with van der Waals surface area (Å²) in [6, 6.07) is 21.5. The van der Waals surface area contributed by atoms with Gasteiger partial charge in [-0.05, 0) is 115 Å². The number of imidazole rings is 2. The number of H-pyrrole nitrogens is 2. The number of rotatable bonds is 16. The average Bonchev–Trinajstić information content (AvgIpc) is 4.06. The van der Waals surface area contributed by atoms with E-state index >= 15 is 0 Å². The fourth-order valence-electron chi connectivity index (χ4n) is 8.81. The normalized spacial score (nSPS) is 17.8. The first-order chi connectivity index (χ1) is 28.2. The van der Waals surface area contributed by atoms with Crippen LogP contribution in [0.5, 0.6) is 0 Å². The van der Waals surface area contributed by atoms with Crippen LogP contribution in [0.15, 0.2) is 73.1 Å². The van der Waals surface area contributed by atoms with Crippen LogP contribution in [-0.2, 0) is 9.59 Å². The van der Waals surface area contributed by atoms with Gasteiger partial charge in [0.2, 0.25) is 11.8 Å². The molecule has 0 aliphatic carbocycles. The van der Waals surface area contributed by atoms with Crippen LogP contribution < -0.4 is 5.32 Å². The quantitative estimate of drug-likeness (QED) is 0.0857. The minimum atomic E-state index is -0.143. The Morgan fingerprint density at radius 2 is 1.50 bits per heavy atom. The lowest BCUT2D eigenvalue weighted by Crippen LogP contribution is -2.52. The number of hydrogen-bond acceptors (Lipinski definition) is 6. The van der Waals surface area contributed by atoms with E-state index in [-0.39, 0.29) is 35.9 Å². The van der Waals surface area contributed by atoms with Gasteiger partial charge in [0.25, 0.3) is 0 Å². The first-order valence-electron chi connectivity index (χ1n) is 21.9.